The highest BCUT2D eigenvalue weighted by Crippen LogP contribution is 2.25. The van der Waals surface area contributed by atoms with Gasteiger partial charge in [0.05, 0.1) is 4.90 Å². The van der Waals surface area contributed by atoms with Gasteiger partial charge in [0.2, 0.25) is 21.8 Å². The first-order valence-corrected chi connectivity index (χ1v) is 13.0. The zero-order chi connectivity index (χ0) is 25.3. The van der Waals surface area contributed by atoms with E-state index in [1.54, 1.807) is 31.0 Å². The number of nitrogens with zero attached hydrogens (tertiary/aromatic N) is 1. The van der Waals surface area contributed by atoms with E-state index in [1.807, 2.05) is 60.7 Å². The molecule has 0 spiro atoms. The molecular weight excluding hydrogens is 462 g/mol. The van der Waals surface area contributed by atoms with Gasteiger partial charge in [-0.1, -0.05) is 79.7 Å². The molecular formula is C27H31N3O4S. The van der Waals surface area contributed by atoms with Crippen LogP contribution >= 0.6 is 0 Å². The molecule has 0 aliphatic heterocycles. The number of hydrogen-bond donors (Lipinski definition) is 2. The number of nitrogens with one attached hydrogen (secondary N) is 2. The predicted octanol–water partition coefficient (Wildman–Crippen LogP) is 3.43. The van der Waals surface area contributed by atoms with E-state index < -0.39 is 16.1 Å². The molecule has 7 nitrogen and oxygen atoms in total. The molecule has 0 aliphatic rings. The first-order valence-electron chi connectivity index (χ1n) is 11.5. The molecule has 0 heterocycles. The minimum Gasteiger partial charge on any atom is -0.357 e. The average Bonchev–Trinajstić information content (AvgIpc) is 2.88. The predicted molar refractivity (Wildman–Crippen MR) is 136 cm³/mol. The lowest BCUT2D eigenvalue weighted by Gasteiger charge is -2.31. The summed E-state index contributed by atoms with van der Waals surface area (Å²) in [6.07, 6.45) is 0.591. The highest BCUT2D eigenvalue weighted by molar-refractivity contribution is 7.89. The molecule has 0 saturated carbocycles. The highest BCUT2D eigenvalue weighted by atomic mass is 32.2. The Bertz CT molecular complexity index is 1210. The van der Waals surface area contributed by atoms with Crippen LogP contribution in [0.25, 0.3) is 0 Å². The second-order valence-electron chi connectivity index (χ2n) is 8.08. The first kappa shape index (κ1) is 26.1. The van der Waals surface area contributed by atoms with Gasteiger partial charge in [0.25, 0.3) is 0 Å². The van der Waals surface area contributed by atoms with Gasteiger partial charge in [-0.15, -0.1) is 0 Å². The molecule has 0 bridgehead atoms. The molecule has 0 aromatic heterocycles. The van der Waals surface area contributed by atoms with Crippen molar-refractivity contribution in [2.45, 2.75) is 37.2 Å². The number of aryl methyl sites for hydroxylation is 1. The molecule has 3 rings (SSSR count). The van der Waals surface area contributed by atoms with Crippen LogP contribution in [0.3, 0.4) is 0 Å². The summed E-state index contributed by atoms with van der Waals surface area (Å²) in [5.41, 5.74) is 2.49. The molecule has 184 valence electrons. The minimum atomic E-state index is -3.53. The van der Waals surface area contributed by atoms with Crippen LogP contribution in [-0.2, 0) is 32.6 Å². The summed E-state index contributed by atoms with van der Waals surface area (Å²) in [4.78, 5) is 28.2. The van der Waals surface area contributed by atoms with E-state index >= 15 is 0 Å². The first-order chi connectivity index (χ1) is 16.9. The van der Waals surface area contributed by atoms with Gasteiger partial charge in [-0.25, -0.2) is 13.1 Å². The van der Waals surface area contributed by atoms with Crippen molar-refractivity contribution in [1.29, 1.82) is 0 Å². The Morgan fingerprint density at radius 1 is 0.857 bits per heavy atom. The van der Waals surface area contributed by atoms with Gasteiger partial charge in [-0.05, 0) is 35.2 Å². The molecule has 0 saturated heterocycles. The van der Waals surface area contributed by atoms with E-state index in [2.05, 4.69) is 10.0 Å². The van der Waals surface area contributed by atoms with Gasteiger partial charge in [-0.3, -0.25) is 9.59 Å². The molecule has 0 unspecified atom stereocenters. The Morgan fingerprint density at radius 3 is 2.03 bits per heavy atom. The minimum absolute atomic E-state index is 0.171. The lowest BCUT2D eigenvalue weighted by atomic mass is 10.0. The summed E-state index contributed by atoms with van der Waals surface area (Å²) < 4.78 is 26.8. The van der Waals surface area contributed by atoms with Crippen molar-refractivity contribution in [3.8, 4) is 0 Å². The molecule has 0 aliphatic carbocycles. The number of hydrogen-bond acceptors (Lipinski definition) is 4. The van der Waals surface area contributed by atoms with Crippen molar-refractivity contribution in [2.75, 3.05) is 13.6 Å². The fraction of sp³-hybridized carbons (Fsp3) is 0.259. The Balaban J connectivity index is 1.83. The van der Waals surface area contributed by atoms with Crippen molar-refractivity contribution in [1.82, 2.24) is 14.9 Å². The lowest BCUT2D eigenvalue weighted by molar-refractivity contribution is -0.141. The molecule has 3 aromatic rings. The lowest BCUT2D eigenvalue weighted by Crippen LogP contribution is -2.42. The van der Waals surface area contributed by atoms with Crippen LogP contribution in [0, 0.1) is 0 Å². The number of sulfonamides is 1. The fourth-order valence-electron chi connectivity index (χ4n) is 3.85. The monoisotopic (exact) mass is 493 g/mol. The van der Waals surface area contributed by atoms with Gasteiger partial charge in [0.1, 0.15) is 6.04 Å². The van der Waals surface area contributed by atoms with E-state index in [1.165, 1.54) is 12.1 Å². The molecule has 35 heavy (non-hydrogen) atoms. The van der Waals surface area contributed by atoms with Gasteiger partial charge in [-0.2, -0.15) is 0 Å². The third kappa shape index (κ3) is 7.00. The van der Waals surface area contributed by atoms with Crippen LogP contribution in [-0.4, -0.2) is 38.7 Å². The zero-order valence-corrected chi connectivity index (χ0v) is 20.8. The van der Waals surface area contributed by atoms with Crippen molar-refractivity contribution >= 4 is 21.8 Å². The summed E-state index contributed by atoms with van der Waals surface area (Å²) in [5, 5.41) is 2.69. The Hall–Kier alpha value is -3.49. The van der Waals surface area contributed by atoms with Crippen LogP contribution in [0.2, 0.25) is 0 Å². The van der Waals surface area contributed by atoms with Crippen molar-refractivity contribution in [2.24, 2.45) is 0 Å². The standard InChI is InChI=1S/C27H31N3O4S/c1-3-29-35(33,34)24-17-14-21(15-18-24)16-19-25(31)30(20-22-10-6-4-7-11-22)26(27(32)28-2)23-12-8-5-9-13-23/h4-15,17-18,26,29H,3,16,19-20H2,1-2H3,(H,28,32)/t26-/m1/s1. The Morgan fingerprint density at radius 2 is 1.46 bits per heavy atom. The van der Waals surface area contributed by atoms with Crippen LogP contribution in [0.4, 0.5) is 0 Å². The number of carbonyl (C=O) groups excluding carboxylic acids is 2. The van der Waals surface area contributed by atoms with E-state index in [9.17, 15) is 18.0 Å². The summed E-state index contributed by atoms with van der Waals surface area (Å²) in [6.45, 7) is 2.32. The fourth-order valence-corrected chi connectivity index (χ4v) is 4.89. The smallest absolute Gasteiger partial charge is 0.247 e. The summed E-state index contributed by atoms with van der Waals surface area (Å²) in [7, 11) is -1.97. The average molecular weight is 494 g/mol. The maximum absolute atomic E-state index is 13.5. The van der Waals surface area contributed by atoms with Gasteiger partial charge < -0.3 is 10.2 Å². The number of benzene rings is 3. The van der Waals surface area contributed by atoms with Crippen LogP contribution < -0.4 is 10.0 Å². The van der Waals surface area contributed by atoms with E-state index in [4.69, 9.17) is 0 Å². The zero-order valence-electron chi connectivity index (χ0n) is 20.0. The molecule has 8 heteroatoms. The maximum Gasteiger partial charge on any atom is 0.247 e. The molecule has 3 aromatic carbocycles. The molecule has 2 N–H and O–H groups in total. The highest BCUT2D eigenvalue weighted by Gasteiger charge is 2.30. The van der Waals surface area contributed by atoms with E-state index in [0.29, 0.717) is 13.0 Å². The summed E-state index contributed by atoms with van der Waals surface area (Å²) >= 11 is 0. The number of amides is 2. The Labute approximate surface area is 207 Å². The van der Waals surface area contributed by atoms with E-state index in [-0.39, 0.29) is 29.7 Å². The number of carbonyl (C=O) groups is 2. The summed E-state index contributed by atoms with van der Waals surface area (Å²) in [6, 6.07) is 24.5. The van der Waals surface area contributed by atoms with Gasteiger partial charge >= 0.3 is 0 Å². The summed E-state index contributed by atoms with van der Waals surface area (Å²) in [5.74, 6) is -0.436. The normalized spacial score (nSPS) is 12.1. The number of rotatable bonds is 11. The Kier molecular flexibility index (Phi) is 9.17. The largest absolute Gasteiger partial charge is 0.357 e. The van der Waals surface area contributed by atoms with Crippen LogP contribution in [0.15, 0.2) is 89.8 Å². The van der Waals surface area contributed by atoms with Gasteiger partial charge in [0.15, 0.2) is 0 Å². The van der Waals surface area contributed by atoms with Gasteiger partial charge in [0, 0.05) is 26.6 Å². The second kappa shape index (κ2) is 12.3. The molecule has 0 fully saturated rings. The quantitative estimate of drug-likeness (QED) is 0.428. The van der Waals surface area contributed by atoms with Crippen LogP contribution in [0.5, 0.6) is 0 Å². The molecule has 0 radical (unpaired) electrons. The van der Waals surface area contributed by atoms with Crippen molar-refractivity contribution in [3.05, 3.63) is 102 Å². The van der Waals surface area contributed by atoms with Crippen molar-refractivity contribution < 1.29 is 18.0 Å². The maximum atomic E-state index is 13.5. The second-order valence-corrected chi connectivity index (χ2v) is 9.85. The SMILES string of the molecule is CCNS(=O)(=O)c1ccc(CCC(=O)N(Cc2ccccc2)[C@@H](C(=O)NC)c2ccccc2)cc1. The topological polar surface area (TPSA) is 95.6 Å². The van der Waals surface area contributed by atoms with Crippen molar-refractivity contribution in [3.63, 3.8) is 0 Å². The third-order valence-electron chi connectivity index (χ3n) is 5.63. The van der Waals surface area contributed by atoms with E-state index in [0.717, 1.165) is 16.7 Å². The molecule has 1 atom stereocenters. The number of likely N-dealkylation sites (N-methyl/N-ethyl adjacent to an activating group) is 1. The third-order valence-corrected chi connectivity index (χ3v) is 7.19. The van der Waals surface area contributed by atoms with Crippen LogP contribution in [0.1, 0.15) is 36.1 Å². The molecule has 2 amide bonds.